The van der Waals surface area contributed by atoms with Crippen molar-refractivity contribution in [3.63, 3.8) is 0 Å². The number of rotatable bonds is 30. The Morgan fingerprint density at radius 1 is 0.388 bits per heavy atom. The van der Waals surface area contributed by atoms with E-state index in [2.05, 4.69) is 48.8 Å². The fourth-order valence-electron chi connectivity index (χ4n) is 12.0. The number of halogens is 2. The predicted molar refractivity (Wildman–Crippen MR) is 497 cm³/mol. The van der Waals surface area contributed by atoms with E-state index in [-0.39, 0.29) is 97.5 Å². The van der Waals surface area contributed by atoms with Crippen molar-refractivity contribution in [2.75, 3.05) is 118 Å². The van der Waals surface area contributed by atoms with E-state index in [9.17, 15) is 77.9 Å². The van der Waals surface area contributed by atoms with Crippen LogP contribution >= 0.6 is 33.6 Å². The van der Waals surface area contributed by atoms with Crippen molar-refractivity contribution in [3.8, 4) is 51.7 Å². The van der Waals surface area contributed by atoms with E-state index in [1.165, 1.54) is 125 Å². The number of nitro groups is 2. The number of imidazole rings is 1. The number of carbonyl (C=O) groups excluding carboxylic acids is 5. The van der Waals surface area contributed by atoms with Gasteiger partial charge in [0.25, 0.3) is 50.5 Å². The van der Waals surface area contributed by atoms with Crippen LogP contribution < -0.4 is 63.5 Å². The molecule has 0 atom stereocenters. The number of nitrogen functional groups attached to an aromatic ring is 2. The maximum atomic E-state index is 13.5. The predicted octanol–water partition coefficient (Wildman–Crippen LogP) is 12.8. The molecule has 42 nitrogen and oxygen atoms in total. The second-order valence-corrected chi connectivity index (χ2v) is 37.5. The van der Waals surface area contributed by atoms with Gasteiger partial charge in [0.2, 0.25) is 0 Å². The van der Waals surface area contributed by atoms with Crippen LogP contribution in [0.5, 0.6) is 51.7 Å². The van der Waals surface area contributed by atoms with E-state index in [0.29, 0.717) is 102 Å². The summed E-state index contributed by atoms with van der Waals surface area (Å²) in [5.74, 6) is 1.36. The number of aromatic nitrogens is 2. The fraction of sp³-hybridized carbons (Fsp3) is 0.286. The summed E-state index contributed by atoms with van der Waals surface area (Å²) in [6, 6.07) is 35.7. The average molecular weight is 2030 g/mol. The Hall–Kier alpha value is -13.5. The second-order valence-electron chi connectivity index (χ2n) is 27.6. The van der Waals surface area contributed by atoms with Crippen molar-refractivity contribution in [2.24, 2.45) is 0 Å². The summed E-state index contributed by atoms with van der Waals surface area (Å²) in [6.45, 7) is 15.8. The highest BCUT2D eigenvalue weighted by Gasteiger charge is 2.30. The third-order valence-electron chi connectivity index (χ3n) is 17.6. The van der Waals surface area contributed by atoms with Gasteiger partial charge in [-0.25, -0.2) is 61.6 Å². The molecule has 1 aromatic heterocycles. The van der Waals surface area contributed by atoms with Crippen molar-refractivity contribution in [1.29, 1.82) is 0 Å². The molecule has 0 aliphatic heterocycles. The van der Waals surface area contributed by atoms with Crippen LogP contribution in [-0.2, 0) is 96.1 Å². The summed E-state index contributed by atoms with van der Waals surface area (Å²) in [5, 5.41) is 21.7. The number of hydrogen-bond acceptors (Lipinski definition) is 36. The largest absolute Gasteiger partial charge is 0.497 e. The van der Waals surface area contributed by atoms with Crippen LogP contribution in [0.4, 0.5) is 34.1 Å². The number of nitrogens with one attached hydrogen (secondary N) is 3. The number of aromatic amines is 1. The minimum Gasteiger partial charge on any atom is -0.497 e. The number of fused-ring (bicyclic) bond motifs is 1. The Kier molecular flexibility index (Phi) is 42.9. The second kappa shape index (κ2) is 50.9. The van der Waals surface area contributed by atoms with Gasteiger partial charge in [0.1, 0.15) is 63.1 Å². The van der Waals surface area contributed by atoms with Crippen molar-refractivity contribution < 1.29 is 147 Å². The summed E-state index contributed by atoms with van der Waals surface area (Å²) in [5.41, 5.74) is 17.8. The number of sulfonamides is 2. The summed E-state index contributed by atoms with van der Waals surface area (Å²) in [6.07, 6.45) is 0. The van der Waals surface area contributed by atoms with Crippen molar-refractivity contribution in [3.05, 3.63) is 220 Å². The van der Waals surface area contributed by atoms with Gasteiger partial charge in [0.05, 0.1) is 128 Å². The maximum absolute atomic E-state index is 13.5. The van der Waals surface area contributed by atoms with Gasteiger partial charge < -0.3 is 82.8 Å². The van der Waals surface area contributed by atoms with Gasteiger partial charge >= 0.3 is 39.2 Å². The molecule has 0 aliphatic carbocycles. The standard InChI is InChI=1S/C19H20N2O6S2.C18H20N2O8S.C18H22N2O6S.C11H13ClO5S.C11H14O3.C7H8N2O3.ClHO3S/c1-11-7-14(27-10-17(22)26-4)8-12(2)18(11)29(23,24)21-16-6-5-13(25-3)9-15(16)20-19(21)28;1-11-7-14(28-10-17(21)27-4)8-12(2)18(11)29(24,25)19-15-6-5-13(26-3)9-16(15)20(22)23;1-11-7-14(26-10-17(21)25-4)8-12(2)18(11)27(22,23)20-16-6-5-13(24-3)9-15(16)19;1-7-4-9(17-6-10(13)16-3)5-8(2)11(7)18(12,14)15;1-8-4-9(2)6-10(5-8)14-7-11(12)13-3;1-12-5-2-3-6(8)7(4-5)9(10)11;1-5(2,3)4/h5-9H,10H2,1-4H3,(H,20,28);5-9,19H,10H2,1-4H3;5-9,20H,10,19H2,1-4H3;4-5H,6H2,1-3H3;4-6H,7H2,1-3H3;2-4H,8H2,1H3;(H,2,3,4). The molecule has 0 spiro atoms. The van der Waals surface area contributed by atoms with Gasteiger partial charge in [0, 0.05) is 33.5 Å². The highest BCUT2D eigenvalue weighted by molar-refractivity contribution is 8.13. The number of nitrogens with zero attached hydrogens (tertiary/aromatic N) is 3. The molecule has 8 N–H and O–H groups in total. The van der Waals surface area contributed by atoms with Crippen LogP contribution in [0.15, 0.2) is 159 Å². The quantitative estimate of drug-likeness (QED) is 0.00356. The summed E-state index contributed by atoms with van der Waals surface area (Å²) >= 11 is 5.29. The molecule has 9 aromatic carbocycles. The van der Waals surface area contributed by atoms with Crippen LogP contribution in [0, 0.1) is 94.2 Å². The van der Waals surface area contributed by atoms with Gasteiger partial charge in [-0.3, -0.25) is 34.2 Å². The molecule has 10 aromatic rings. The molecule has 0 amide bonds. The fourth-order valence-corrected chi connectivity index (χ4v) is 19.0. The molecule has 0 saturated heterocycles. The molecule has 0 fully saturated rings. The monoisotopic (exact) mass is 2020 g/mol. The molecule has 0 saturated carbocycles. The number of carbonyl (C=O) groups is 5. The zero-order valence-electron chi connectivity index (χ0n) is 75.4. The molecule has 0 aliphatic rings. The van der Waals surface area contributed by atoms with Gasteiger partial charge in [-0.15, -0.1) is 0 Å². The first-order valence-corrected chi connectivity index (χ1v) is 47.4. The molecule has 1 heterocycles. The maximum Gasteiger partial charge on any atom is 0.353 e. The molecule has 0 bridgehead atoms. The normalized spacial score (nSPS) is 10.8. The van der Waals surface area contributed by atoms with E-state index in [1.54, 1.807) is 110 Å². The van der Waals surface area contributed by atoms with Gasteiger partial charge in [-0.2, -0.15) is 8.42 Å². The van der Waals surface area contributed by atoms with E-state index < -0.39 is 87.9 Å². The Morgan fingerprint density at radius 3 is 0.993 bits per heavy atom. The summed E-state index contributed by atoms with van der Waals surface area (Å²) in [4.78, 5) is 79.0. The van der Waals surface area contributed by atoms with E-state index in [1.807, 2.05) is 32.0 Å². The molecular formula is C84H98Cl2N8O34S6. The number of methoxy groups -OCH3 is 9. The highest BCUT2D eigenvalue weighted by atomic mass is 35.7. The average Bonchev–Trinajstić information content (AvgIpc) is 1.60. The molecule has 728 valence electrons. The van der Waals surface area contributed by atoms with Gasteiger partial charge in [0.15, 0.2) is 37.8 Å². The van der Waals surface area contributed by atoms with E-state index in [4.69, 9.17) is 90.0 Å². The minimum atomic E-state index is -4.19. The smallest absolute Gasteiger partial charge is 0.353 e. The van der Waals surface area contributed by atoms with Crippen LogP contribution in [-0.4, -0.2) is 192 Å². The van der Waals surface area contributed by atoms with Crippen molar-refractivity contribution in [2.45, 2.75) is 88.8 Å². The number of H-pyrrole nitrogens is 1. The Morgan fingerprint density at radius 2 is 0.672 bits per heavy atom. The molecule has 0 radical (unpaired) electrons. The Bertz CT molecular complexity index is 6520. The number of esters is 5. The number of nitro benzene ring substituents is 2. The van der Waals surface area contributed by atoms with Crippen LogP contribution in [0.3, 0.4) is 0 Å². The van der Waals surface area contributed by atoms with Gasteiger partial charge in [-0.1, -0.05) is 6.07 Å². The SMILES string of the molecule is COC(=O)COc1cc(C)c(S(=O)(=O)Cl)c(C)c1.COC(=O)COc1cc(C)c(S(=O)(=O)Nc2ccc(OC)cc2N)c(C)c1.COC(=O)COc1cc(C)c(S(=O)(=O)Nc2ccc(OC)cc2[N+](=O)[O-])c(C)c1.COC(=O)COc1cc(C)c(S(=O)(=O)n2c(=S)[nH]c3cc(OC)ccc32)c(C)c1.COC(=O)COc1cc(C)cc(C)c1.COc1ccc(N)c([N+](=O)[O-])c1.O=S(=O)(O)Cl. The van der Waals surface area contributed by atoms with Crippen molar-refractivity contribution >= 4 is 157 Å². The number of ether oxygens (including phenoxy) is 14. The molecular weight excluding hydrogens is 1930 g/mol. The summed E-state index contributed by atoms with van der Waals surface area (Å²) in [7, 11) is 1.52. The molecule has 0 unspecified atom stereocenters. The first kappa shape index (κ1) is 113. The third-order valence-corrected chi connectivity index (χ3v) is 24.9. The number of hydrogen-bond donors (Lipinski definition) is 6. The summed E-state index contributed by atoms with van der Waals surface area (Å²) < 4.78 is 201. The number of anilines is 4. The lowest BCUT2D eigenvalue weighted by Crippen LogP contribution is -2.17. The molecule has 134 heavy (non-hydrogen) atoms. The lowest BCUT2D eigenvalue weighted by molar-refractivity contribution is -0.384. The van der Waals surface area contributed by atoms with Crippen LogP contribution in [0.2, 0.25) is 0 Å². The first-order valence-electron chi connectivity index (χ1n) is 38.0. The minimum absolute atomic E-state index is 0.0423. The van der Waals surface area contributed by atoms with Crippen LogP contribution in [0.1, 0.15) is 55.6 Å². The Balaban J connectivity index is 0.000000341. The third kappa shape index (κ3) is 34.6. The van der Waals surface area contributed by atoms with Crippen LogP contribution in [0.25, 0.3) is 11.0 Å². The zero-order chi connectivity index (χ0) is 101. The van der Waals surface area contributed by atoms with E-state index in [0.717, 1.165) is 21.2 Å². The zero-order valence-corrected chi connectivity index (χ0v) is 81.8. The topological polar surface area (TPSA) is 589 Å². The lowest BCUT2D eigenvalue weighted by Gasteiger charge is -2.16. The van der Waals surface area contributed by atoms with Gasteiger partial charge in [-0.05, 0) is 246 Å². The molecule has 50 heteroatoms. The number of aryl methyl sites for hydroxylation is 10. The highest BCUT2D eigenvalue weighted by Crippen LogP contribution is 2.37. The van der Waals surface area contributed by atoms with E-state index >= 15 is 0 Å². The molecule has 10 rings (SSSR count). The van der Waals surface area contributed by atoms with Crippen molar-refractivity contribution in [1.82, 2.24) is 8.96 Å². The Labute approximate surface area is 786 Å². The number of benzene rings is 9. The number of nitrogens with two attached hydrogens (primary N) is 2. The first-order chi connectivity index (χ1) is 62.5. The lowest BCUT2D eigenvalue weighted by atomic mass is 10.1.